The molecular weight excluding hydrogens is 230 g/mol. The third-order valence-corrected chi connectivity index (χ3v) is 3.14. The van der Waals surface area contributed by atoms with E-state index in [0.29, 0.717) is 11.5 Å². The third kappa shape index (κ3) is 3.61. The number of hydrogen-bond donors (Lipinski definition) is 2. The molecule has 18 heavy (non-hydrogen) atoms. The predicted octanol–water partition coefficient (Wildman–Crippen LogP) is 2.64. The smallest absolute Gasteiger partial charge is 0.335 e. The summed E-state index contributed by atoms with van der Waals surface area (Å²) in [6.45, 7) is 1.79. The van der Waals surface area contributed by atoms with Gasteiger partial charge in [0.25, 0.3) is 0 Å². The summed E-state index contributed by atoms with van der Waals surface area (Å²) in [6.07, 6.45) is 7.37. The molecule has 1 fully saturated rings. The van der Waals surface area contributed by atoms with Crippen molar-refractivity contribution in [2.24, 2.45) is 5.10 Å². The van der Waals surface area contributed by atoms with E-state index in [1.807, 2.05) is 0 Å². The molecule has 98 valence electrons. The maximum absolute atomic E-state index is 11.6. The van der Waals surface area contributed by atoms with Gasteiger partial charge < -0.3 is 9.73 Å². The van der Waals surface area contributed by atoms with E-state index in [2.05, 4.69) is 15.8 Å². The Labute approximate surface area is 107 Å². The number of amides is 2. The first-order chi connectivity index (χ1) is 8.75. The molecule has 5 heteroatoms. The van der Waals surface area contributed by atoms with Gasteiger partial charge in [0.2, 0.25) is 0 Å². The molecule has 0 aliphatic heterocycles. The zero-order chi connectivity index (χ0) is 12.8. The minimum atomic E-state index is -0.243. The Hall–Kier alpha value is -1.78. The van der Waals surface area contributed by atoms with Gasteiger partial charge in [-0.15, -0.1) is 0 Å². The molecule has 2 N–H and O–H groups in total. The van der Waals surface area contributed by atoms with Gasteiger partial charge in [-0.05, 0) is 31.9 Å². The van der Waals surface area contributed by atoms with Gasteiger partial charge in [0, 0.05) is 6.04 Å². The van der Waals surface area contributed by atoms with Crippen LogP contribution in [0.25, 0.3) is 0 Å². The molecule has 0 radical (unpaired) electrons. The van der Waals surface area contributed by atoms with Crippen molar-refractivity contribution >= 4 is 11.7 Å². The number of carbonyl (C=O) groups is 1. The standard InChI is InChI=1S/C13H19N3O2/c1-10(12-8-5-9-18-12)15-16-13(17)14-11-6-3-2-4-7-11/h5,8-9,11H,2-4,6-7H2,1H3,(H2,14,16,17). The molecule has 0 unspecified atom stereocenters. The monoisotopic (exact) mass is 249 g/mol. The van der Waals surface area contributed by atoms with E-state index in [1.165, 1.54) is 19.3 Å². The van der Waals surface area contributed by atoms with Crippen molar-refractivity contribution in [1.29, 1.82) is 0 Å². The lowest BCUT2D eigenvalue weighted by Gasteiger charge is -2.22. The molecule has 0 aromatic carbocycles. The van der Waals surface area contributed by atoms with Crippen molar-refractivity contribution in [3.63, 3.8) is 0 Å². The van der Waals surface area contributed by atoms with Crippen molar-refractivity contribution in [1.82, 2.24) is 10.7 Å². The highest BCUT2D eigenvalue weighted by Crippen LogP contribution is 2.17. The first kappa shape index (κ1) is 12.7. The van der Waals surface area contributed by atoms with Gasteiger partial charge in [0.15, 0.2) is 0 Å². The number of hydrazone groups is 1. The Bertz CT molecular complexity index is 406. The zero-order valence-corrected chi connectivity index (χ0v) is 10.6. The summed E-state index contributed by atoms with van der Waals surface area (Å²) in [5.41, 5.74) is 3.15. The van der Waals surface area contributed by atoms with Crippen LogP contribution in [0.5, 0.6) is 0 Å². The lowest BCUT2D eigenvalue weighted by molar-refractivity contribution is 0.233. The number of hydrogen-bond acceptors (Lipinski definition) is 3. The highest BCUT2D eigenvalue weighted by Gasteiger charge is 2.15. The average molecular weight is 249 g/mol. The Balaban J connectivity index is 1.78. The van der Waals surface area contributed by atoms with Gasteiger partial charge in [-0.25, -0.2) is 10.2 Å². The number of nitrogens with one attached hydrogen (secondary N) is 2. The van der Waals surface area contributed by atoms with E-state index in [1.54, 1.807) is 25.3 Å². The van der Waals surface area contributed by atoms with Crippen LogP contribution in [-0.4, -0.2) is 17.8 Å². The van der Waals surface area contributed by atoms with E-state index in [-0.39, 0.29) is 12.1 Å². The van der Waals surface area contributed by atoms with Crippen LogP contribution in [0.3, 0.4) is 0 Å². The van der Waals surface area contributed by atoms with Crippen LogP contribution < -0.4 is 10.7 Å². The number of carbonyl (C=O) groups excluding carboxylic acids is 1. The average Bonchev–Trinajstić information content (AvgIpc) is 2.91. The highest BCUT2D eigenvalue weighted by molar-refractivity contribution is 5.96. The summed E-state index contributed by atoms with van der Waals surface area (Å²) in [5, 5.41) is 6.92. The minimum Gasteiger partial charge on any atom is -0.463 e. The van der Waals surface area contributed by atoms with Crippen LogP contribution in [0.15, 0.2) is 27.9 Å². The zero-order valence-electron chi connectivity index (χ0n) is 10.6. The second-order valence-electron chi connectivity index (χ2n) is 4.59. The van der Waals surface area contributed by atoms with Crippen LogP contribution in [0.2, 0.25) is 0 Å². The van der Waals surface area contributed by atoms with Crippen LogP contribution >= 0.6 is 0 Å². The Kier molecular flexibility index (Phi) is 4.39. The molecule has 2 rings (SSSR count). The summed E-state index contributed by atoms with van der Waals surface area (Å²) < 4.78 is 5.18. The number of rotatable bonds is 3. The van der Waals surface area contributed by atoms with Crippen LogP contribution in [0.4, 0.5) is 4.79 Å². The summed E-state index contributed by atoms with van der Waals surface area (Å²) in [7, 11) is 0. The summed E-state index contributed by atoms with van der Waals surface area (Å²) >= 11 is 0. The second kappa shape index (κ2) is 6.23. The maximum atomic E-state index is 11.6. The fraction of sp³-hybridized carbons (Fsp3) is 0.538. The van der Waals surface area contributed by atoms with Gasteiger partial charge in [0.1, 0.15) is 11.5 Å². The summed E-state index contributed by atoms with van der Waals surface area (Å²) in [5.74, 6) is 0.660. The molecule has 1 aromatic heterocycles. The molecule has 1 aromatic rings. The van der Waals surface area contributed by atoms with Crippen molar-refractivity contribution < 1.29 is 9.21 Å². The maximum Gasteiger partial charge on any atom is 0.335 e. The lowest BCUT2D eigenvalue weighted by Crippen LogP contribution is -2.41. The van der Waals surface area contributed by atoms with Gasteiger partial charge in [-0.2, -0.15) is 5.10 Å². The van der Waals surface area contributed by atoms with Crippen LogP contribution in [0, 0.1) is 0 Å². The van der Waals surface area contributed by atoms with Gasteiger partial charge >= 0.3 is 6.03 Å². The molecular formula is C13H19N3O2. The molecule has 0 atom stereocenters. The first-order valence-corrected chi connectivity index (χ1v) is 6.40. The topological polar surface area (TPSA) is 66.6 Å². The van der Waals surface area contributed by atoms with Crippen LogP contribution in [-0.2, 0) is 0 Å². The second-order valence-corrected chi connectivity index (χ2v) is 4.59. The molecule has 2 amide bonds. The number of urea groups is 1. The molecule has 1 heterocycles. The first-order valence-electron chi connectivity index (χ1n) is 6.40. The summed E-state index contributed by atoms with van der Waals surface area (Å²) in [6, 6.07) is 3.64. The van der Waals surface area contributed by atoms with E-state index < -0.39 is 0 Å². The van der Waals surface area contributed by atoms with Gasteiger partial charge in [0.05, 0.1) is 6.26 Å². The molecule has 0 saturated heterocycles. The number of nitrogens with zero attached hydrogens (tertiary/aromatic N) is 1. The molecule has 5 nitrogen and oxygen atoms in total. The largest absolute Gasteiger partial charge is 0.463 e. The fourth-order valence-electron chi connectivity index (χ4n) is 2.14. The quantitative estimate of drug-likeness (QED) is 0.638. The highest BCUT2D eigenvalue weighted by atomic mass is 16.3. The molecule has 0 spiro atoms. The molecule has 1 aliphatic rings. The Morgan fingerprint density at radius 1 is 1.39 bits per heavy atom. The normalized spacial score (nSPS) is 17.5. The van der Waals surface area contributed by atoms with Gasteiger partial charge in [-0.1, -0.05) is 19.3 Å². The Morgan fingerprint density at radius 2 is 2.17 bits per heavy atom. The van der Waals surface area contributed by atoms with Crippen molar-refractivity contribution in [3.8, 4) is 0 Å². The van der Waals surface area contributed by atoms with Crippen molar-refractivity contribution in [3.05, 3.63) is 24.2 Å². The third-order valence-electron chi connectivity index (χ3n) is 3.14. The molecule has 1 aliphatic carbocycles. The number of furan rings is 1. The molecule has 0 bridgehead atoms. The van der Waals surface area contributed by atoms with Crippen LogP contribution in [0.1, 0.15) is 44.8 Å². The fourth-order valence-corrected chi connectivity index (χ4v) is 2.14. The van der Waals surface area contributed by atoms with Crippen molar-refractivity contribution in [2.75, 3.05) is 0 Å². The molecule has 1 saturated carbocycles. The summed E-state index contributed by atoms with van der Waals surface area (Å²) in [4.78, 5) is 11.6. The van der Waals surface area contributed by atoms with E-state index >= 15 is 0 Å². The SMILES string of the molecule is CC(=NNC(=O)NC1CCCCC1)c1ccco1. The predicted molar refractivity (Wildman–Crippen MR) is 69.5 cm³/mol. The van der Waals surface area contributed by atoms with E-state index in [9.17, 15) is 4.79 Å². The lowest BCUT2D eigenvalue weighted by atomic mass is 9.96. The Morgan fingerprint density at radius 3 is 2.83 bits per heavy atom. The van der Waals surface area contributed by atoms with E-state index in [0.717, 1.165) is 12.8 Å². The minimum absolute atomic E-state index is 0.243. The van der Waals surface area contributed by atoms with Crippen molar-refractivity contribution in [2.45, 2.75) is 45.1 Å². The van der Waals surface area contributed by atoms with Gasteiger partial charge in [-0.3, -0.25) is 0 Å². The van der Waals surface area contributed by atoms with E-state index in [4.69, 9.17) is 4.42 Å².